The number of allylic oxidation sites excluding steroid dienone is 9. The van der Waals surface area contributed by atoms with Crippen LogP contribution in [-0.4, -0.2) is 35.8 Å². The Bertz CT molecular complexity index is 1560. The van der Waals surface area contributed by atoms with E-state index in [1.807, 2.05) is 18.2 Å². The van der Waals surface area contributed by atoms with Crippen LogP contribution in [0.15, 0.2) is 85.0 Å². The van der Waals surface area contributed by atoms with E-state index in [0.717, 1.165) is 28.7 Å². The van der Waals surface area contributed by atoms with Crippen molar-refractivity contribution >= 4 is 58.2 Å². The van der Waals surface area contributed by atoms with E-state index in [4.69, 9.17) is 44.3 Å². The summed E-state index contributed by atoms with van der Waals surface area (Å²) in [6.07, 6.45) is 13.4. The first-order valence-electron chi connectivity index (χ1n) is 12.0. The summed E-state index contributed by atoms with van der Waals surface area (Å²) in [6, 6.07) is 3.58. The fraction of sp³-hybridized carbons (Fsp3) is 0.286. The van der Waals surface area contributed by atoms with Gasteiger partial charge in [-0.15, -0.1) is 0 Å². The summed E-state index contributed by atoms with van der Waals surface area (Å²) in [7, 11) is 2.94. The van der Waals surface area contributed by atoms with Gasteiger partial charge in [0.15, 0.2) is 5.90 Å². The molecule has 0 aromatic carbocycles. The van der Waals surface area contributed by atoms with Crippen molar-refractivity contribution in [3.05, 3.63) is 91.1 Å². The van der Waals surface area contributed by atoms with Crippen LogP contribution in [0.4, 0.5) is 0 Å². The summed E-state index contributed by atoms with van der Waals surface area (Å²) >= 11 is 20.7. The maximum Gasteiger partial charge on any atom is 0.300 e. The Hall–Kier alpha value is -3.13. The van der Waals surface area contributed by atoms with Crippen molar-refractivity contribution in [1.29, 1.82) is 0 Å². The summed E-state index contributed by atoms with van der Waals surface area (Å²) in [5.41, 5.74) is 3.29. The van der Waals surface area contributed by atoms with Gasteiger partial charge in [-0.1, -0.05) is 53.0 Å². The van der Waals surface area contributed by atoms with E-state index in [-0.39, 0.29) is 29.1 Å². The van der Waals surface area contributed by atoms with E-state index in [0.29, 0.717) is 45.9 Å². The molecule has 0 radical (unpaired) electrons. The monoisotopic (exact) mass is 571 g/mol. The van der Waals surface area contributed by atoms with E-state index >= 15 is 0 Å². The van der Waals surface area contributed by atoms with Crippen molar-refractivity contribution in [1.82, 2.24) is 9.38 Å². The fourth-order valence-electron chi connectivity index (χ4n) is 4.97. The molecule has 0 saturated heterocycles. The van der Waals surface area contributed by atoms with Gasteiger partial charge in [-0.3, -0.25) is 9.20 Å². The van der Waals surface area contributed by atoms with Gasteiger partial charge >= 0.3 is 0 Å². The minimum atomic E-state index is -0.388. The van der Waals surface area contributed by atoms with Crippen molar-refractivity contribution in [3.63, 3.8) is 0 Å². The van der Waals surface area contributed by atoms with Crippen molar-refractivity contribution in [2.45, 2.75) is 19.3 Å². The maximum atomic E-state index is 12.6. The predicted molar refractivity (Wildman–Crippen MR) is 150 cm³/mol. The van der Waals surface area contributed by atoms with Gasteiger partial charge in [0.1, 0.15) is 11.9 Å². The van der Waals surface area contributed by atoms with Crippen LogP contribution in [0.2, 0.25) is 0 Å². The molecule has 5 rings (SSSR count). The number of methoxy groups -OCH3 is 2. The van der Waals surface area contributed by atoms with Crippen LogP contribution in [0.5, 0.6) is 5.75 Å². The number of carbonyl (C=O) groups is 1. The Kier molecular flexibility index (Phi) is 7.61. The Morgan fingerprint density at radius 2 is 1.92 bits per heavy atom. The van der Waals surface area contributed by atoms with Gasteiger partial charge in [0, 0.05) is 38.8 Å². The van der Waals surface area contributed by atoms with Gasteiger partial charge in [-0.25, -0.2) is 9.98 Å². The third-order valence-corrected chi connectivity index (χ3v) is 8.18. The summed E-state index contributed by atoms with van der Waals surface area (Å²) in [5.74, 6) is -0.288. The Balaban J connectivity index is 1.53. The topological polar surface area (TPSA) is 82.3 Å². The largest absolute Gasteiger partial charge is 0.490 e. The summed E-state index contributed by atoms with van der Waals surface area (Å²) < 4.78 is 11.9. The van der Waals surface area contributed by atoms with Gasteiger partial charge in [0.05, 0.1) is 26.3 Å². The zero-order valence-corrected chi connectivity index (χ0v) is 22.9. The molecule has 0 bridgehead atoms. The number of aldehydes is 1. The number of ether oxygens (including phenoxy) is 2. The number of carbonyl (C=O) groups excluding carboxylic acids is 1. The molecule has 3 aliphatic rings. The minimum absolute atomic E-state index is 0.158. The standard InChI is InChI=1S/C28H24Cl3N3O4/c1-37-23-13-32-24-10-15(8-9-34(24)28(23)36)20-11-17(29)12-21(26(20)31)18-4-3-5-19(25(18)30)22-7-6-16(14-35)27(33-22)38-2/h3-4,7-11,13-14,16,19,21H,5-6,12H2,1-2H3. The molecule has 2 aromatic heterocycles. The lowest BCUT2D eigenvalue weighted by molar-refractivity contribution is -0.109. The quantitative estimate of drug-likeness (QED) is 0.410. The summed E-state index contributed by atoms with van der Waals surface area (Å²) in [6.45, 7) is 0. The molecule has 0 saturated carbocycles. The molecule has 0 N–H and O–H groups in total. The lowest BCUT2D eigenvalue weighted by Gasteiger charge is -2.30. The lowest BCUT2D eigenvalue weighted by atomic mass is 9.81. The average molecular weight is 573 g/mol. The first kappa shape index (κ1) is 26.5. The highest BCUT2D eigenvalue weighted by molar-refractivity contribution is 6.37. The highest BCUT2D eigenvalue weighted by Crippen LogP contribution is 2.47. The van der Waals surface area contributed by atoms with E-state index in [9.17, 15) is 9.59 Å². The minimum Gasteiger partial charge on any atom is -0.490 e. The molecule has 0 fully saturated rings. The van der Waals surface area contributed by atoms with Crippen LogP contribution >= 0.6 is 34.8 Å². The van der Waals surface area contributed by atoms with E-state index in [1.165, 1.54) is 24.8 Å². The van der Waals surface area contributed by atoms with Gasteiger partial charge in [0.25, 0.3) is 5.56 Å². The average Bonchev–Trinajstić information content (AvgIpc) is 2.94. The molecule has 3 atom stereocenters. The number of aromatic nitrogens is 2. The number of halogens is 3. The second kappa shape index (κ2) is 10.9. The molecule has 7 nitrogen and oxygen atoms in total. The number of hydrogen-bond acceptors (Lipinski definition) is 6. The Morgan fingerprint density at radius 3 is 2.66 bits per heavy atom. The van der Waals surface area contributed by atoms with Crippen LogP contribution in [0.25, 0.3) is 11.2 Å². The molecule has 3 unspecified atom stereocenters. The number of rotatable bonds is 5. The van der Waals surface area contributed by atoms with Crippen LogP contribution in [0.3, 0.4) is 0 Å². The van der Waals surface area contributed by atoms with Gasteiger partial charge < -0.3 is 14.3 Å². The second-order valence-electron chi connectivity index (χ2n) is 9.14. The van der Waals surface area contributed by atoms with Crippen LogP contribution in [-0.2, 0) is 9.53 Å². The van der Waals surface area contributed by atoms with Crippen LogP contribution in [0.1, 0.15) is 24.8 Å². The normalized spacial score (nSPS) is 23.7. The number of hydrogen-bond donors (Lipinski definition) is 0. The first-order chi connectivity index (χ1) is 18.4. The molecular formula is C28H24Cl3N3O4. The summed E-state index contributed by atoms with van der Waals surface area (Å²) in [4.78, 5) is 32.9. The van der Waals surface area contributed by atoms with Crippen LogP contribution in [0, 0.1) is 17.8 Å². The highest BCUT2D eigenvalue weighted by Gasteiger charge is 2.33. The molecule has 2 aromatic rings. The van der Waals surface area contributed by atoms with Crippen molar-refractivity contribution in [3.8, 4) is 5.75 Å². The molecule has 2 aliphatic carbocycles. The fourth-order valence-corrected chi connectivity index (χ4v) is 5.99. The molecule has 1 aliphatic heterocycles. The SMILES string of the molecule is COC1=NC(C2CC=CC(C3CC(Cl)=CC(c4ccn5c(=O)c(OC)cnc5c4)=C3Cl)=C2Cl)=CCC1C=O. The van der Waals surface area contributed by atoms with Gasteiger partial charge in [-0.05, 0) is 54.2 Å². The molecule has 38 heavy (non-hydrogen) atoms. The smallest absolute Gasteiger partial charge is 0.300 e. The lowest BCUT2D eigenvalue weighted by Crippen LogP contribution is -2.23. The Morgan fingerprint density at radius 1 is 1.11 bits per heavy atom. The molecule has 3 heterocycles. The van der Waals surface area contributed by atoms with Crippen LogP contribution < -0.4 is 10.3 Å². The highest BCUT2D eigenvalue weighted by atomic mass is 35.5. The zero-order chi connectivity index (χ0) is 27.0. The molecule has 0 amide bonds. The number of pyridine rings is 1. The van der Waals surface area contributed by atoms with Gasteiger partial charge in [-0.2, -0.15) is 0 Å². The van der Waals surface area contributed by atoms with Gasteiger partial charge in [0.2, 0.25) is 5.75 Å². The third-order valence-electron chi connectivity index (χ3n) is 6.97. The Labute approximate surface area is 234 Å². The zero-order valence-electron chi connectivity index (χ0n) is 20.7. The number of fused-ring (bicyclic) bond motifs is 1. The molecule has 10 heteroatoms. The molecule has 0 spiro atoms. The van der Waals surface area contributed by atoms with E-state index < -0.39 is 0 Å². The maximum absolute atomic E-state index is 12.6. The first-order valence-corrected chi connectivity index (χ1v) is 13.1. The van der Waals surface area contributed by atoms with E-state index in [1.54, 1.807) is 18.3 Å². The summed E-state index contributed by atoms with van der Waals surface area (Å²) in [5, 5.41) is 1.86. The predicted octanol–water partition coefficient (Wildman–Crippen LogP) is 6.01. The third kappa shape index (κ3) is 4.75. The van der Waals surface area contributed by atoms with E-state index in [2.05, 4.69) is 16.1 Å². The molecule has 196 valence electrons. The van der Waals surface area contributed by atoms with Crippen molar-refractivity contribution < 1.29 is 14.3 Å². The number of aliphatic imine (C=N–C) groups is 1. The van der Waals surface area contributed by atoms with Crippen molar-refractivity contribution in [2.75, 3.05) is 14.2 Å². The number of nitrogens with zero attached hydrogens (tertiary/aromatic N) is 3. The molecular weight excluding hydrogens is 549 g/mol. The van der Waals surface area contributed by atoms with Crippen molar-refractivity contribution in [2.24, 2.45) is 22.7 Å². The second-order valence-corrected chi connectivity index (χ2v) is 10.4.